The summed E-state index contributed by atoms with van der Waals surface area (Å²) in [5.74, 6) is 0. The molecule has 3 atom stereocenters. The number of carboxylic acid groups (broad SMARTS) is 1. The van der Waals surface area contributed by atoms with Gasteiger partial charge in [-0.2, -0.15) is 0 Å². The minimum atomic E-state index is -1.14. The molecule has 0 aromatic carbocycles. The number of nitrogens with one attached hydrogen (secondary N) is 1. The molecule has 1 aromatic heterocycles. The third-order valence-corrected chi connectivity index (χ3v) is 7.14. The molecular formula is C21H34ClN3O4S. The number of hydrogen-bond acceptors (Lipinski definition) is 5. The molecule has 1 amide bonds. The third-order valence-electron chi connectivity index (χ3n) is 5.14. The summed E-state index contributed by atoms with van der Waals surface area (Å²) < 4.78 is 21.4. The van der Waals surface area contributed by atoms with E-state index in [1.165, 1.54) is 4.90 Å². The zero-order valence-corrected chi connectivity index (χ0v) is 19.7. The van der Waals surface area contributed by atoms with E-state index in [0.717, 1.165) is 44.1 Å². The van der Waals surface area contributed by atoms with Gasteiger partial charge in [0.1, 0.15) is 9.90 Å². The molecule has 0 aliphatic carbocycles. The van der Waals surface area contributed by atoms with Crippen LogP contribution in [0.2, 0.25) is 5.15 Å². The number of ether oxygens (including phenoxy) is 1. The summed E-state index contributed by atoms with van der Waals surface area (Å²) in [4.78, 5) is 16.5. The molecule has 1 aliphatic heterocycles. The highest BCUT2D eigenvalue weighted by Crippen LogP contribution is 2.20. The molecule has 0 bridgehead atoms. The highest BCUT2D eigenvalue weighted by molar-refractivity contribution is 7.90. The number of amides is 1. The summed E-state index contributed by atoms with van der Waals surface area (Å²) in [6.45, 7) is 7.49. The Morgan fingerprint density at radius 1 is 1.47 bits per heavy atom. The van der Waals surface area contributed by atoms with Gasteiger partial charge >= 0.3 is 6.09 Å². The highest BCUT2D eigenvalue weighted by atomic mass is 35.5. The van der Waals surface area contributed by atoms with Crippen molar-refractivity contribution in [1.29, 1.82) is 0 Å². The summed E-state index contributed by atoms with van der Waals surface area (Å²) in [6.07, 6.45) is 5.86. The second-order valence-electron chi connectivity index (χ2n) is 8.69. The molecule has 0 radical (unpaired) electrons. The van der Waals surface area contributed by atoms with Crippen molar-refractivity contribution >= 4 is 29.1 Å². The molecular weight excluding hydrogens is 426 g/mol. The number of carbonyl (C=O) groups is 1. The Labute approximate surface area is 187 Å². The van der Waals surface area contributed by atoms with Gasteiger partial charge in [0, 0.05) is 30.7 Å². The van der Waals surface area contributed by atoms with Gasteiger partial charge in [0.25, 0.3) is 0 Å². The molecule has 1 aromatic rings. The minimum Gasteiger partial charge on any atom is -0.598 e. The van der Waals surface area contributed by atoms with Gasteiger partial charge in [-0.25, -0.2) is 9.78 Å². The average Bonchev–Trinajstić information content (AvgIpc) is 3.15. The number of pyridine rings is 1. The van der Waals surface area contributed by atoms with Crippen LogP contribution >= 0.6 is 11.6 Å². The number of unbranched alkanes of at least 4 members (excludes halogenated alkanes) is 1. The maximum atomic E-state index is 12.6. The minimum absolute atomic E-state index is 0.00358. The molecule has 30 heavy (non-hydrogen) atoms. The van der Waals surface area contributed by atoms with Gasteiger partial charge in [0.15, 0.2) is 0 Å². The van der Waals surface area contributed by atoms with Crippen molar-refractivity contribution in [2.45, 2.75) is 76.2 Å². The monoisotopic (exact) mass is 459 g/mol. The molecule has 0 unspecified atom stereocenters. The maximum absolute atomic E-state index is 12.6. The fourth-order valence-electron chi connectivity index (χ4n) is 3.31. The molecule has 0 saturated carbocycles. The maximum Gasteiger partial charge on any atom is 0.407 e. The van der Waals surface area contributed by atoms with Crippen molar-refractivity contribution in [2.24, 2.45) is 0 Å². The van der Waals surface area contributed by atoms with Crippen LogP contribution in [0.1, 0.15) is 58.4 Å². The molecule has 2 heterocycles. The molecule has 1 aliphatic rings. The summed E-state index contributed by atoms with van der Waals surface area (Å²) in [5, 5.41) is 9.53. The van der Waals surface area contributed by atoms with E-state index in [9.17, 15) is 9.35 Å². The van der Waals surface area contributed by atoms with E-state index in [2.05, 4.69) is 9.71 Å². The van der Waals surface area contributed by atoms with Gasteiger partial charge in [0.2, 0.25) is 0 Å². The topological polar surface area (TPSA) is 97.8 Å². The number of likely N-dealkylation sites (tertiary alicyclic amines) is 1. The Morgan fingerprint density at radius 3 is 2.87 bits per heavy atom. The summed E-state index contributed by atoms with van der Waals surface area (Å²) in [6, 6.07) is 3.96. The first-order valence-electron chi connectivity index (χ1n) is 10.5. The SMILES string of the molecule is CC(C)(C)[S@@+]([O-])N[C@H](CCCCO[C@@H]1CCN(C(=O)O)C1)CCc1cccnc1Cl. The summed E-state index contributed by atoms with van der Waals surface area (Å²) in [7, 11) is 0. The van der Waals surface area contributed by atoms with E-state index in [1.807, 2.05) is 32.9 Å². The number of rotatable bonds is 11. The van der Waals surface area contributed by atoms with Gasteiger partial charge in [-0.15, -0.1) is 4.72 Å². The van der Waals surface area contributed by atoms with Crippen molar-refractivity contribution in [3.05, 3.63) is 29.0 Å². The Bertz CT molecular complexity index is 674. The molecule has 2 rings (SSSR count). The smallest absolute Gasteiger partial charge is 0.407 e. The zero-order valence-electron chi connectivity index (χ0n) is 18.1. The molecule has 7 nitrogen and oxygen atoms in total. The Morgan fingerprint density at radius 2 is 2.23 bits per heavy atom. The molecule has 1 saturated heterocycles. The van der Waals surface area contributed by atoms with Crippen molar-refractivity contribution in [1.82, 2.24) is 14.6 Å². The lowest BCUT2D eigenvalue weighted by atomic mass is 10.0. The lowest BCUT2D eigenvalue weighted by Crippen LogP contribution is -2.44. The Hall–Kier alpha value is -1.06. The molecule has 1 fully saturated rings. The second kappa shape index (κ2) is 12.1. The quantitative estimate of drug-likeness (QED) is 0.294. The van der Waals surface area contributed by atoms with Crippen molar-refractivity contribution < 1.29 is 19.2 Å². The van der Waals surface area contributed by atoms with Crippen LogP contribution in [0.25, 0.3) is 0 Å². The van der Waals surface area contributed by atoms with Crippen molar-refractivity contribution in [3.63, 3.8) is 0 Å². The van der Waals surface area contributed by atoms with Crippen LogP contribution in [0.3, 0.4) is 0 Å². The van der Waals surface area contributed by atoms with Gasteiger partial charge < -0.3 is 19.3 Å². The largest absolute Gasteiger partial charge is 0.598 e. The predicted octanol–water partition coefficient (Wildman–Crippen LogP) is 4.03. The zero-order chi connectivity index (χ0) is 22.1. The number of halogens is 1. The lowest BCUT2D eigenvalue weighted by molar-refractivity contribution is 0.0558. The van der Waals surface area contributed by atoms with E-state index in [1.54, 1.807) is 6.20 Å². The van der Waals surface area contributed by atoms with Crippen LogP contribution in [0.15, 0.2) is 18.3 Å². The summed E-state index contributed by atoms with van der Waals surface area (Å²) >= 11 is 5.04. The van der Waals surface area contributed by atoms with Crippen LogP contribution in [0, 0.1) is 0 Å². The van der Waals surface area contributed by atoms with Gasteiger partial charge in [-0.3, -0.25) is 0 Å². The standard InChI is InChI=1S/C21H34ClN3O4S/c1-21(2,3)30(28)24-17(10-9-16-7-6-12-23-19(16)22)8-4-5-14-29-18-11-13-25(15-18)20(26)27/h6-7,12,17-18,24H,4-5,8-11,13-15H2,1-3H3,(H,26,27)/t17-,18-,30-/m1/s1. The number of nitrogens with zero attached hydrogens (tertiary/aromatic N) is 2. The van der Waals surface area contributed by atoms with Crippen LogP contribution < -0.4 is 4.72 Å². The number of aryl methyl sites for hydroxylation is 1. The Kier molecular flexibility index (Phi) is 10.2. The molecule has 170 valence electrons. The fraction of sp³-hybridized carbons (Fsp3) is 0.714. The first-order chi connectivity index (χ1) is 14.2. The van der Waals surface area contributed by atoms with Gasteiger partial charge in [-0.1, -0.05) is 17.7 Å². The van der Waals surface area contributed by atoms with E-state index in [0.29, 0.717) is 24.8 Å². The van der Waals surface area contributed by atoms with E-state index < -0.39 is 17.5 Å². The van der Waals surface area contributed by atoms with Crippen molar-refractivity contribution in [3.8, 4) is 0 Å². The lowest BCUT2D eigenvalue weighted by Gasteiger charge is -2.28. The highest BCUT2D eigenvalue weighted by Gasteiger charge is 2.29. The van der Waals surface area contributed by atoms with Crippen LogP contribution in [-0.2, 0) is 22.5 Å². The van der Waals surface area contributed by atoms with E-state index in [4.69, 9.17) is 21.4 Å². The normalized spacial score (nSPS) is 19.1. The van der Waals surface area contributed by atoms with Crippen molar-refractivity contribution in [2.75, 3.05) is 19.7 Å². The first kappa shape index (κ1) is 25.2. The van der Waals surface area contributed by atoms with E-state index >= 15 is 0 Å². The third kappa shape index (κ3) is 8.59. The Balaban J connectivity index is 1.76. The van der Waals surface area contributed by atoms with Crippen LogP contribution in [0.5, 0.6) is 0 Å². The summed E-state index contributed by atoms with van der Waals surface area (Å²) in [5.41, 5.74) is 1.00. The van der Waals surface area contributed by atoms with Gasteiger partial charge in [-0.05, 0) is 70.9 Å². The molecule has 0 spiro atoms. The predicted molar refractivity (Wildman–Crippen MR) is 120 cm³/mol. The molecule has 9 heteroatoms. The fourth-order valence-corrected chi connectivity index (χ4v) is 4.41. The van der Waals surface area contributed by atoms with E-state index in [-0.39, 0.29) is 16.9 Å². The molecule has 2 N–H and O–H groups in total. The van der Waals surface area contributed by atoms with Crippen LogP contribution in [0.4, 0.5) is 4.79 Å². The average molecular weight is 460 g/mol. The second-order valence-corrected chi connectivity index (χ2v) is 11.0. The first-order valence-corrected chi connectivity index (χ1v) is 12.1. The number of hydrogen-bond donors (Lipinski definition) is 2. The van der Waals surface area contributed by atoms with Crippen LogP contribution in [-0.4, -0.2) is 62.2 Å². The van der Waals surface area contributed by atoms with Gasteiger partial charge in [0.05, 0.1) is 18.7 Å². The number of aromatic nitrogens is 1.